The number of rotatable bonds is 11. The molecule has 0 saturated carbocycles. The van der Waals surface area contributed by atoms with Gasteiger partial charge in [0.25, 0.3) is 0 Å². The first-order chi connectivity index (χ1) is 17.5. The Kier molecular flexibility index (Phi) is 8.76. The molecular formula is C28H30N2O5S. The first-order valence-electron chi connectivity index (χ1n) is 11.8. The van der Waals surface area contributed by atoms with E-state index >= 15 is 0 Å². The summed E-state index contributed by atoms with van der Waals surface area (Å²) in [7, 11) is 0. The molecule has 1 unspecified atom stereocenters. The van der Waals surface area contributed by atoms with E-state index in [1.165, 1.54) is 6.08 Å². The fourth-order valence-electron chi connectivity index (χ4n) is 3.92. The highest BCUT2D eigenvalue weighted by molar-refractivity contribution is 7.09. The van der Waals surface area contributed by atoms with E-state index in [4.69, 9.17) is 14.2 Å². The Balaban J connectivity index is 1.54. The number of carbonyl (C=O) groups excluding carboxylic acids is 2. The van der Waals surface area contributed by atoms with Crippen LogP contribution in [0, 0.1) is 0 Å². The maximum Gasteiger partial charge on any atom is 0.330 e. The molecule has 1 aliphatic heterocycles. The summed E-state index contributed by atoms with van der Waals surface area (Å²) in [5.41, 5.74) is 1.79. The molecule has 0 fully saturated rings. The van der Waals surface area contributed by atoms with Crippen molar-refractivity contribution in [2.75, 3.05) is 13.3 Å². The van der Waals surface area contributed by atoms with Gasteiger partial charge in [0.1, 0.15) is 6.04 Å². The third-order valence-electron chi connectivity index (χ3n) is 5.52. The van der Waals surface area contributed by atoms with Crippen molar-refractivity contribution in [1.82, 2.24) is 10.2 Å². The second-order valence-electron chi connectivity index (χ2n) is 8.62. The van der Waals surface area contributed by atoms with E-state index in [0.717, 1.165) is 16.0 Å². The van der Waals surface area contributed by atoms with Crippen molar-refractivity contribution in [3.05, 3.63) is 94.2 Å². The summed E-state index contributed by atoms with van der Waals surface area (Å²) in [4.78, 5) is 28.9. The highest BCUT2D eigenvalue weighted by atomic mass is 32.1. The molecule has 3 aromatic rings. The van der Waals surface area contributed by atoms with E-state index < -0.39 is 12.0 Å². The summed E-state index contributed by atoms with van der Waals surface area (Å²) in [6.45, 7) is 5.12. The number of fused-ring (bicyclic) bond motifs is 1. The molecular weight excluding hydrogens is 476 g/mol. The fourth-order valence-corrected chi connectivity index (χ4v) is 4.65. The topological polar surface area (TPSA) is 77.1 Å². The molecule has 0 saturated heterocycles. The van der Waals surface area contributed by atoms with Crippen molar-refractivity contribution < 1.29 is 23.8 Å². The van der Waals surface area contributed by atoms with Crippen molar-refractivity contribution in [3.63, 3.8) is 0 Å². The van der Waals surface area contributed by atoms with Gasteiger partial charge in [-0.1, -0.05) is 48.5 Å². The summed E-state index contributed by atoms with van der Waals surface area (Å²) < 4.78 is 16.0. The van der Waals surface area contributed by atoms with E-state index in [2.05, 4.69) is 10.2 Å². The van der Waals surface area contributed by atoms with Crippen molar-refractivity contribution in [2.45, 2.75) is 39.1 Å². The Labute approximate surface area is 215 Å². The van der Waals surface area contributed by atoms with E-state index in [1.54, 1.807) is 17.4 Å². The van der Waals surface area contributed by atoms with Crippen LogP contribution in [0.2, 0.25) is 0 Å². The molecule has 1 N–H and O–H groups in total. The van der Waals surface area contributed by atoms with Gasteiger partial charge in [0.15, 0.2) is 11.5 Å². The molecule has 1 aromatic heterocycles. The van der Waals surface area contributed by atoms with Gasteiger partial charge in [0, 0.05) is 30.6 Å². The zero-order chi connectivity index (χ0) is 25.3. The average Bonchev–Trinajstić information content (AvgIpc) is 3.54. The predicted octanol–water partition coefficient (Wildman–Crippen LogP) is 4.84. The third kappa shape index (κ3) is 6.96. The number of benzene rings is 2. The second kappa shape index (κ2) is 12.4. The Hall–Kier alpha value is -3.62. The molecule has 0 bridgehead atoms. The molecule has 0 aliphatic carbocycles. The number of esters is 1. The number of hydrogen-bond acceptors (Lipinski definition) is 7. The molecule has 1 amide bonds. The number of nitrogens with one attached hydrogen (secondary N) is 1. The molecule has 2 aromatic carbocycles. The van der Waals surface area contributed by atoms with Crippen LogP contribution < -0.4 is 14.8 Å². The monoisotopic (exact) mass is 506 g/mol. The van der Waals surface area contributed by atoms with Crippen molar-refractivity contribution in [1.29, 1.82) is 0 Å². The van der Waals surface area contributed by atoms with Crippen molar-refractivity contribution in [2.24, 2.45) is 0 Å². The molecule has 36 heavy (non-hydrogen) atoms. The minimum Gasteiger partial charge on any atom is -0.460 e. The quantitative estimate of drug-likeness (QED) is 0.296. The lowest BCUT2D eigenvalue weighted by molar-refractivity contribution is -0.141. The molecule has 1 atom stereocenters. The predicted molar refractivity (Wildman–Crippen MR) is 139 cm³/mol. The van der Waals surface area contributed by atoms with Crippen LogP contribution in [0.5, 0.6) is 11.5 Å². The molecule has 8 heteroatoms. The highest BCUT2D eigenvalue weighted by Gasteiger charge is 2.27. The number of thiophene rings is 1. The van der Waals surface area contributed by atoms with Gasteiger partial charge in [0.05, 0.1) is 6.10 Å². The van der Waals surface area contributed by atoms with Gasteiger partial charge in [-0.3, -0.25) is 9.69 Å². The zero-order valence-corrected chi connectivity index (χ0v) is 21.2. The minimum atomic E-state index is -0.562. The Bertz CT molecular complexity index is 1180. The number of hydrogen-bond donors (Lipinski definition) is 1. The molecule has 0 radical (unpaired) electrons. The maximum absolute atomic E-state index is 13.6. The summed E-state index contributed by atoms with van der Waals surface area (Å²) in [6.07, 6.45) is 2.98. The van der Waals surface area contributed by atoms with Crippen LogP contribution in [-0.2, 0) is 27.4 Å². The third-order valence-corrected chi connectivity index (χ3v) is 6.38. The van der Waals surface area contributed by atoms with Crippen LogP contribution in [0.4, 0.5) is 0 Å². The number of nitrogens with zero attached hydrogens (tertiary/aromatic N) is 1. The molecule has 1 aliphatic rings. The highest BCUT2D eigenvalue weighted by Crippen LogP contribution is 2.32. The van der Waals surface area contributed by atoms with Crippen LogP contribution in [0.1, 0.15) is 35.9 Å². The van der Waals surface area contributed by atoms with Gasteiger partial charge in [-0.25, -0.2) is 4.79 Å². The molecule has 188 valence electrons. The van der Waals surface area contributed by atoms with Crippen LogP contribution in [0.3, 0.4) is 0 Å². The Morgan fingerprint density at radius 2 is 1.89 bits per heavy atom. The Morgan fingerprint density at radius 1 is 1.08 bits per heavy atom. The van der Waals surface area contributed by atoms with Crippen LogP contribution in [-0.4, -0.2) is 36.2 Å². The molecule has 2 heterocycles. The van der Waals surface area contributed by atoms with E-state index in [1.807, 2.05) is 79.9 Å². The van der Waals surface area contributed by atoms with Crippen molar-refractivity contribution in [3.8, 4) is 11.5 Å². The van der Waals surface area contributed by atoms with Gasteiger partial charge < -0.3 is 19.5 Å². The number of ether oxygens (including phenoxy) is 3. The van der Waals surface area contributed by atoms with Crippen LogP contribution in [0.15, 0.2) is 78.2 Å². The van der Waals surface area contributed by atoms with Crippen molar-refractivity contribution >= 4 is 23.2 Å². The lowest BCUT2D eigenvalue weighted by Crippen LogP contribution is -2.40. The SMILES string of the molecule is CC(C)OC(=O)/C=C\CN(Cc1cccs1)C(C(=O)NCc1ccc2c(c1)OCO2)c1ccccc1. The molecule has 4 rings (SSSR count). The maximum atomic E-state index is 13.6. The minimum absolute atomic E-state index is 0.131. The van der Waals surface area contributed by atoms with E-state index in [-0.39, 0.29) is 18.8 Å². The smallest absolute Gasteiger partial charge is 0.330 e. The zero-order valence-electron chi connectivity index (χ0n) is 20.4. The number of carbonyl (C=O) groups is 2. The standard InChI is InChI=1S/C28H30N2O5S/c1-20(2)35-26(31)11-6-14-30(18-23-10-7-15-36-23)27(22-8-4-3-5-9-22)28(32)29-17-21-12-13-24-25(16-21)34-19-33-24/h3-13,15-16,20,27H,14,17-19H2,1-2H3,(H,29,32)/b11-6-. The summed E-state index contributed by atoms with van der Waals surface area (Å²) in [6, 6.07) is 18.8. The first kappa shape index (κ1) is 25.5. The summed E-state index contributed by atoms with van der Waals surface area (Å²) >= 11 is 1.63. The lowest BCUT2D eigenvalue weighted by Gasteiger charge is -2.30. The van der Waals surface area contributed by atoms with Gasteiger partial charge in [0.2, 0.25) is 12.7 Å². The van der Waals surface area contributed by atoms with Gasteiger partial charge in [-0.05, 0) is 48.6 Å². The van der Waals surface area contributed by atoms with E-state index in [0.29, 0.717) is 31.1 Å². The molecule has 0 spiro atoms. The largest absolute Gasteiger partial charge is 0.460 e. The van der Waals surface area contributed by atoms with Gasteiger partial charge in [-0.15, -0.1) is 11.3 Å². The normalized spacial score (nSPS) is 13.3. The first-order valence-corrected chi connectivity index (χ1v) is 12.7. The van der Waals surface area contributed by atoms with E-state index in [9.17, 15) is 9.59 Å². The lowest BCUT2D eigenvalue weighted by atomic mass is 10.0. The number of amides is 1. The average molecular weight is 507 g/mol. The van der Waals surface area contributed by atoms with Gasteiger partial charge >= 0.3 is 5.97 Å². The Morgan fingerprint density at radius 3 is 2.64 bits per heavy atom. The second-order valence-corrected chi connectivity index (χ2v) is 9.65. The summed E-state index contributed by atoms with van der Waals surface area (Å²) in [5.74, 6) is 0.856. The fraction of sp³-hybridized carbons (Fsp3) is 0.286. The molecule has 7 nitrogen and oxygen atoms in total. The van der Waals surface area contributed by atoms with Gasteiger partial charge in [-0.2, -0.15) is 0 Å². The summed E-state index contributed by atoms with van der Waals surface area (Å²) in [5, 5.41) is 5.10. The van der Waals surface area contributed by atoms with Crippen LogP contribution >= 0.6 is 11.3 Å². The van der Waals surface area contributed by atoms with Crippen LogP contribution in [0.25, 0.3) is 0 Å².